The second-order valence-corrected chi connectivity index (χ2v) is 5.62. The Morgan fingerprint density at radius 2 is 1.71 bits per heavy atom. The first kappa shape index (κ1) is 14.4. The van der Waals surface area contributed by atoms with E-state index in [4.69, 9.17) is 9.79 Å². The van der Waals surface area contributed by atoms with Gasteiger partial charge in [-0.25, -0.2) is 9.65 Å². The van der Waals surface area contributed by atoms with Crippen LogP contribution >= 0.6 is 7.75 Å². The molecule has 0 amide bonds. The molecular formula is C12H20NO3P. The highest BCUT2D eigenvalue weighted by molar-refractivity contribution is 7.49. The quantitative estimate of drug-likeness (QED) is 0.685. The molecule has 96 valence electrons. The molecular weight excluding hydrogens is 237 g/mol. The van der Waals surface area contributed by atoms with Crippen molar-refractivity contribution in [3.8, 4) is 0 Å². The van der Waals surface area contributed by atoms with Gasteiger partial charge in [-0.1, -0.05) is 44.2 Å². The number of hydrogen-bond acceptors (Lipinski definition) is 1. The second kappa shape index (κ2) is 5.78. The summed E-state index contributed by atoms with van der Waals surface area (Å²) in [5.74, 6) is 0. The molecule has 1 aromatic rings. The first-order valence-electron chi connectivity index (χ1n) is 5.80. The third-order valence-corrected chi connectivity index (χ3v) is 3.89. The van der Waals surface area contributed by atoms with E-state index in [9.17, 15) is 4.57 Å². The lowest BCUT2D eigenvalue weighted by atomic mass is 9.87. The van der Waals surface area contributed by atoms with Crippen LogP contribution in [0.25, 0.3) is 0 Å². The first-order chi connectivity index (χ1) is 7.91. The predicted octanol–water partition coefficient (Wildman–Crippen LogP) is 2.47. The lowest BCUT2D eigenvalue weighted by molar-refractivity contribution is 0.287. The highest BCUT2D eigenvalue weighted by Crippen LogP contribution is 2.36. The molecule has 1 rings (SSSR count). The van der Waals surface area contributed by atoms with E-state index in [1.54, 1.807) is 0 Å². The fraction of sp³-hybridized carbons (Fsp3) is 0.500. The van der Waals surface area contributed by atoms with Gasteiger partial charge in [0.25, 0.3) is 0 Å². The summed E-state index contributed by atoms with van der Waals surface area (Å²) in [7, 11) is -4.21. The van der Waals surface area contributed by atoms with E-state index >= 15 is 0 Å². The molecule has 0 heterocycles. The molecule has 0 spiro atoms. The Morgan fingerprint density at radius 1 is 1.18 bits per heavy atom. The van der Waals surface area contributed by atoms with Gasteiger partial charge in [0, 0.05) is 5.54 Å². The van der Waals surface area contributed by atoms with Crippen LogP contribution in [0.5, 0.6) is 0 Å². The van der Waals surface area contributed by atoms with Crippen molar-refractivity contribution in [2.75, 3.05) is 0 Å². The van der Waals surface area contributed by atoms with Gasteiger partial charge in [0.2, 0.25) is 0 Å². The smallest absolute Gasteiger partial charge is 0.313 e. The average molecular weight is 257 g/mol. The number of nitrogens with one attached hydrogen (secondary N) is 1. The Bertz CT molecular complexity index is 384. The molecule has 0 saturated heterocycles. The summed E-state index contributed by atoms with van der Waals surface area (Å²) >= 11 is 0. The number of benzene rings is 1. The van der Waals surface area contributed by atoms with Gasteiger partial charge >= 0.3 is 7.75 Å². The van der Waals surface area contributed by atoms with Gasteiger partial charge < -0.3 is 9.79 Å². The van der Waals surface area contributed by atoms with Crippen LogP contribution in [0.15, 0.2) is 30.3 Å². The molecule has 0 aromatic heterocycles. The van der Waals surface area contributed by atoms with Gasteiger partial charge in [0.05, 0.1) is 0 Å². The molecule has 0 aliphatic rings. The van der Waals surface area contributed by atoms with Crippen molar-refractivity contribution < 1.29 is 14.4 Å². The molecule has 0 unspecified atom stereocenters. The summed E-state index contributed by atoms with van der Waals surface area (Å²) in [5.41, 5.74) is 0.539. The zero-order valence-corrected chi connectivity index (χ0v) is 11.2. The van der Waals surface area contributed by atoms with Crippen molar-refractivity contribution in [3.63, 3.8) is 0 Å². The number of hydrogen-bond donors (Lipinski definition) is 3. The van der Waals surface area contributed by atoms with E-state index in [-0.39, 0.29) is 0 Å². The molecule has 0 aliphatic carbocycles. The second-order valence-electron chi connectivity index (χ2n) is 4.31. The maximum atomic E-state index is 11.1. The Labute approximate surface area is 102 Å². The summed E-state index contributed by atoms with van der Waals surface area (Å²) in [4.78, 5) is 18.2. The minimum Gasteiger partial charge on any atom is -0.313 e. The molecule has 4 nitrogen and oxygen atoms in total. The third kappa shape index (κ3) is 4.60. The molecule has 3 N–H and O–H groups in total. The fourth-order valence-electron chi connectivity index (χ4n) is 1.99. The van der Waals surface area contributed by atoms with Crippen molar-refractivity contribution >= 4 is 7.75 Å². The van der Waals surface area contributed by atoms with E-state index < -0.39 is 13.3 Å². The van der Waals surface area contributed by atoms with E-state index in [1.165, 1.54) is 0 Å². The average Bonchev–Trinajstić information content (AvgIpc) is 2.27. The molecule has 0 bridgehead atoms. The topological polar surface area (TPSA) is 69.6 Å². The largest absolute Gasteiger partial charge is 0.400 e. The van der Waals surface area contributed by atoms with E-state index in [0.29, 0.717) is 19.3 Å². The highest BCUT2D eigenvalue weighted by atomic mass is 31.2. The van der Waals surface area contributed by atoms with Crippen LogP contribution in [0.3, 0.4) is 0 Å². The first-order valence-corrected chi connectivity index (χ1v) is 7.41. The van der Waals surface area contributed by atoms with Gasteiger partial charge in [0.1, 0.15) is 0 Å². The molecule has 5 heteroatoms. The van der Waals surface area contributed by atoms with Gasteiger partial charge in [0.15, 0.2) is 0 Å². The maximum Gasteiger partial charge on any atom is 0.400 e. The molecule has 0 atom stereocenters. The molecule has 17 heavy (non-hydrogen) atoms. The van der Waals surface area contributed by atoms with Crippen LogP contribution in [0.1, 0.15) is 32.3 Å². The van der Waals surface area contributed by atoms with Crippen LogP contribution in [-0.2, 0) is 11.0 Å². The predicted molar refractivity (Wildman–Crippen MR) is 68.6 cm³/mol. The molecule has 1 aromatic carbocycles. The number of rotatable bonds is 6. The maximum absolute atomic E-state index is 11.1. The summed E-state index contributed by atoms with van der Waals surface area (Å²) < 4.78 is 11.1. The third-order valence-electron chi connectivity index (χ3n) is 3.12. The van der Waals surface area contributed by atoms with Crippen molar-refractivity contribution in [1.29, 1.82) is 0 Å². The SMILES string of the molecule is CCC(CC)(Cc1ccccc1)NP(=O)(O)O. The zero-order valence-electron chi connectivity index (χ0n) is 10.3. The Hall–Kier alpha value is -0.670. The van der Waals surface area contributed by atoms with Crippen LogP contribution in [0, 0.1) is 0 Å². The van der Waals surface area contributed by atoms with Gasteiger partial charge in [-0.3, -0.25) is 0 Å². The van der Waals surface area contributed by atoms with Gasteiger partial charge in [-0.05, 0) is 24.8 Å². The van der Waals surface area contributed by atoms with Gasteiger partial charge in [-0.2, -0.15) is 0 Å². The fourth-order valence-corrected chi connectivity index (χ4v) is 3.01. The minimum atomic E-state index is -4.21. The van der Waals surface area contributed by atoms with E-state index in [1.807, 2.05) is 44.2 Å². The van der Waals surface area contributed by atoms with Crippen LogP contribution in [0.4, 0.5) is 0 Å². The summed E-state index contributed by atoms with van der Waals surface area (Å²) in [5, 5.41) is 2.48. The van der Waals surface area contributed by atoms with Crippen LogP contribution < -0.4 is 5.09 Å². The summed E-state index contributed by atoms with van der Waals surface area (Å²) in [6.07, 6.45) is 1.96. The summed E-state index contributed by atoms with van der Waals surface area (Å²) in [6, 6.07) is 9.74. The molecule has 0 fully saturated rings. The van der Waals surface area contributed by atoms with Crippen molar-refractivity contribution in [2.24, 2.45) is 0 Å². The van der Waals surface area contributed by atoms with Crippen molar-refractivity contribution in [3.05, 3.63) is 35.9 Å². The van der Waals surface area contributed by atoms with E-state index in [2.05, 4.69) is 5.09 Å². The van der Waals surface area contributed by atoms with Crippen LogP contribution in [-0.4, -0.2) is 15.3 Å². The molecule has 0 saturated carbocycles. The minimum absolute atomic E-state index is 0.541. The van der Waals surface area contributed by atoms with E-state index in [0.717, 1.165) is 5.56 Å². The summed E-state index contributed by atoms with van der Waals surface area (Å²) in [6.45, 7) is 3.88. The lowest BCUT2D eigenvalue weighted by Gasteiger charge is -2.33. The normalized spacial score (nSPS) is 12.7. The zero-order chi connectivity index (χ0) is 12.9. The Balaban J connectivity index is 2.89. The Kier molecular flexibility index (Phi) is 4.90. The molecule has 0 aliphatic heterocycles. The Morgan fingerprint density at radius 3 is 2.12 bits per heavy atom. The standard InChI is InChI=1S/C12H20NO3P/c1-3-12(4-2,13-17(14,15)16)10-11-8-6-5-7-9-11/h5-9H,3-4,10H2,1-2H3,(H3,13,14,15,16). The highest BCUT2D eigenvalue weighted by Gasteiger charge is 2.32. The lowest BCUT2D eigenvalue weighted by Crippen LogP contribution is -2.44. The monoisotopic (exact) mass is 257 g/mol. The molecule has 0 radical (unpaired) electrons. The van der Waals surface area contributed by atoms with Crippen molar-refractivity contribution in [2.45, 2.75) is 38.6 Å². The van der Waals surface area contributed by atoms with Crippen LogP contribution in [0.2, 0.25) is 0 Å². The van der Waals surface area contributed by atoms with Crippen molar-refractivity contribution in [1.82, 2.24) is 5.09 Å². The van der Waals surface area contributed by atoms with Gasteiger partial charge in [-0.15, -0.1) is 0 Å².